The summed E-state index contributed by atoms with van der Waals surface area (Å²) in [5, 5.41) is -5.07. The highest BCUT2D eigenvalue weighted by atomic mass is 16.3. The zero-order valence-corrected chi connectivity index (χ0v) is 25.4. The van der Waals surface area contributed by atoms with Crippen LogP contribution in [0.5, 0.6) is 0 Å². The van der Waals surface area contributed by atoms with Crippen molar-refractivity contribution in [2.45, 2.75) is 6.92 Å². The fraction of sp³-hybridized carbons (Fsp3) is 0.0204. The smallest absolute Gasteiger partial charge is 0.136 e. The first kappa shape index (κ1) is 11.9. The monoisotopic (exact) mass is 665 g/mol. The maximum Gasteiger partial charge on any atom is 0.136 e. The van der Waals surface area contributed by atoms with E-state index in [1.807, 2.05) is 0 Å². The quantitative estimate of drug-likeness (QED) is 0.171. The summed E-state index contributed by atoms with van der Waals surface area (Å²) in [5.41, 5.74) is -7.34. The molecule has 0 aliphatic rings. The van der Waals surface area contributed by atoms with Crippen LogP contribution in [0.3, 0.4) is 0 Å². The molecule has 1 nitrogen and oxygen atoms in total. The van der Waals surface area contributed by atoms with E-state index in [1.54, 1.807) is 0 Å². The van der Waals surface area contributed by atoms with E-state index in [-0.39, 0.29) is 5.56 Å². The van der Waals surface area contributed by atoms with E-state index in [9.17, 15) is 15.1 Å². The molecule has 1 aromatic heterocycles. The van der Waals surface area contributed by atoms with Crippen LogP contribution < -0.4 is 0 Å². The predicted octanol–water partition coefficient (Wildman–Crippen LogP) is 14.0. The lowest BCUT2D eigenvalue weighted by Crippen LogP contribution is -1.93. The lowest BCUT2D eigenvalue weighted by Gasteiger charge is -2.20. The maximum absolute atomic E-state index is 9.89. The molecule has 0 aliphatic heterocycles. The fourth-order valence-corrected chi connectivity index (χ4v) is 6.20. The van der Waals surface area contributed by atoms with Gasteiger partial charge >= 0.3 is 0 Å². The molecule has 1 heterocycles. The van der Waals surface area contributed by atoms with E-state index in [0.717, 1.165) is 0 Å². The van der Waals surface area contributed by atoms with Crippen molar-refractivity contribution in [1.29, 1.82) is 0 Å². The van der Waals surface area contributed by atoms with Gasteiger partial charge in [0.25, 0.3) is 0 Å². The van der Waals surface area contributed by atoms with Crippen LogP contribution in [0.1, 0.15) is 45.3 Å². The molecule has 1 heteroatoms. The van der Waals surface area contributed by atoms with Crippen LogP contribution in [-0.2, 0) is 0 Å². The number of rotatable bonds is 4. The fourth-order valence-electron chi connectivity index (χ4n) is 6.20. The summed E-state index contributed by atoms with van der Waals surface area (Å²) in [5.74, 6) is 0. The van der Waals surface area contributed by atoms with Crippen LogP contribution >= 0.6 is 0 Å². The molecule has 10 rings (SSSR count). The first-order valence-corrected chi connectivity index (χ1v) is 14.9. The van der Waals surface area contributed by atoms with Crippen molar-refractivity contribution >= 4 is 54.3 Å². The molecule has 0 amide bonds. The maximum atomic E-state index is 9.89. The Kier molecular flexibility index (Phi) is 2.69. The molecule has 0 aliphatic carbocycles. The molecule has 0 N–H and O–H groups in total. The van der Waals surface area contributed by atoms with Gasteiger partial charge in [0.1, 0.15) is 11.2 Å². The van der Waals surface area contributed by atoms with Gasteiger partial charge in [-0.25, -0.2) is 0 Å². The predicted molar refractivity (Wildman–Crippen MR) is 213 cm³/mol. The van der Waals surface area contributed by atoms with Crippen LogP contribution in [0, 0.1) is 6.92 Å². The van der Waals surface area contributed by atoms with Gasteiger partial charge in [0.15, 0.2) is 0 Å². The van der Waals surface area contributed by atoms with Gasteiger partial charge in [-0.1, -0.05) is 151 Å². The summed E-state index contributed by atoms with van der Waals surface area (Å²) in [6.07, 6.45) is 0. The number of hydrogen-bond donors (Lipinski definition) is 0. The van der Waals surface area contributed by atoms with E-state index in [0.29, 0.717) is 0 Å². The Morgan fingerprint density at radius 1 is 0.380 bits per heavy atom. The average molecular weight is 666 g/mol. The SMILES string of the molecule is [2H]c1c([2H])c([2H])c(-c2c([2H])c([2H])c([2H])c3oc4c([2H])c([2H])c(C)c(-c5c6c([2H])c([2H])c([2H])c([2H])c6c(-c6c([2H])c([2H])c([2H])c(-c7c([2H])c([2H])c8c([2H])c([2H])c([2H])c([2H])c8c7[2H])c6[2H])c6c([2H])c([2H])c([2H])c([2H])c56)c4c23)c([2H])c1[2H]. The molecule has 9 aromatic carbocycles. The number of fused-ring (bicyclic) bond motifs is 6. The highest BCUT2D eigenvalue weighted by molar-refractivity contribution is 6.27. The normalized spacial score (nSPS) is 19.8. The van der Waals surface area contributed by atoms with Crippen LogP contribution in [0.4, 0.5) is 0 Å². The molecule has 0 saturated heterocycles. The van der Waals surface area contributed by atoms with Gasteiger partial charge in [0.2, 0.25) is 0 Å². The molecule has 0 spiro atoms. The summed E-state index contributed by atoms with van der Waals surface area (Å²) in [6, 6.07) is -26.9. The highest BCUT2D eigenvalue weighted by Crippen LogP contribution is 2.49. The molecule has 0 radical (unpaired) electrons. The molecule has 0 unspecified atom stereocenters. The van der Waals surface area contributed by atoms with Crippen LogP contribution in [0.25, 0.3) is 98.8 Å². The van der Waals surface area contributed by atoms with Crippen molar-refractivity contribution in [3.05, 3.63) is 181 Å². The Morgan fingerprint density at radius 3 is 1.72 bits per heavy atom. The molecule has 234 valence electrons. The standard InChI is InChI=1S/C49H32O/c1-31-25-28-44-49(48-38(23-12-24-43(48)50-44)33-14-3-2-4-15-33)45(31)47-41-21-9-7-19-39(41)46(40-20-8-10-22-42(40)47)37-18-11-17-35(30-37)36-27-26-32-13-5-6-16-34(32)29-36/h2-30H,1H3/i2D,3D,4D,5D,6D,7D,8D,9D,10D,11D,12D,13D,14D,15D,16D,17D,18D,19D,20D,21D,22D,23D,24D,25D,26D,27D,28D,29D,30D. The van der Waals surface area contributed by atoms with Gasteiger partial charge in [-0.2, -0.15) is 0 Å². The molecular formula is C49H32O. The minimum absolute atomic E-state index is 0.307. The molecule has 50 heavy (non-hydrogen) atoms. The van der Waals surface area contributed by atoms with Gasteiger partial charge in [0.05, 0.1) is 39.8 Å². The Balaban J connectivity index is 1.53. The van der Waals surface area contributed by atoms with Crippen LogP contribution in [0.2, 0.25) is 0 Å². The molecule has 0 atom stereocenters. The molecule has 0 fully saturated rings. The van der Waals surface area contributed by atoms with Crippen molar-refractivity contribution in [3.63, 3.8) is 0 Å². The third kappa shape index (κ3) is 4.41. The molecule has 10 aromatic rings. The van der Waals surface area contributed by atoms with Crippen LogP contribution in [0.15, 0.2) is 180 Å². The van der Waals surface area contributed by atoms with Crippen molar-refractivity contribution in [3.8, 4) is 44.5 Å². The van der Waals surface area contributed by atoms with Gasteiger partial charge in [-0.3, -0.25) is 0 Å². The topological polar surface area (TPSA) is 13.1 Å². The molecular weight excluding hydrogens is 605 g/mol. The summed E-state index contributed by atoms with van der Waals surface area (Å²) in [6.45, 7) is 1.24. The van der Waals surface area contributed by atoms with Crippen molar-refractivity contribution in [2.75, 3.05) is 0 Å². The lowest BCUT2D eigenvalue weighted by atomic mass is 9.83. The first-order valence-electron chi connectivity index (χ1n) is 29.4. The zero-order valence-electron chi connectivity index (χ0n) is 54.4. The Bertz CT molecular complexity index is 4490. The summed E-state index contributed by atoms with van der Waals surface area (Å²) >= 11 is 0. The first-order chi connectivity index (χ1) is 36.8. The van der Waals surface area contributed by atoms with E-state index in [2.05, 4.69) is 0 Å². The summed E-state index contributed by atoms with van der Waals surface area (Å²) < 4.78 is 269. The molecule has 0 saturated carbocycles. The zero-order chi connectivity index (χ0) is 58.4. The van der Waals surface area contributed by atoms with Crippen molar-refractivity contribution in [2.24, 2.45) is 0 Å². The van der Waals surface area contributed by atoms with E-state index in [4.69, 9.17) is 29.1 Å². The Morgan fingerprint density at radius 2 is 0.960 bits per heavy atom. The van der Waals surface area contributed by atoms with Gasteiger partial charge in [-0.05, 0) is 113 Å². The third-order valence-corrected chi connectivity index (χ3v) is 8.26. The number of hydrogen-bond acceptors (Lipinski definition) is 1. The Labute approximate surface area is 331 Å². The lowest BCUT2D eigenvalue weighted by molar-refractivity contribution is 0.669. The van der Waals surface area contributed by atoms with Crippen molar-refractivity contribution in [1.82, 2.24) is 0 Å². The van der Waals surface area contributed by atoms with Gasteiger partial charge < -0.3 is 4.42 Å². The highest BCUT2D eigenvalue weighted by Gasteiger charge is 2.23. The van der Waals surface area contributed by atoms with Crippen LogP contribution in [-0.4, -0.2) is 0 Å². The van der Waals surface area contributed by atoms with E-state index >= 15 is 0 Å². The van der Waals surface area contributed by atoms with Crippen molar-refractivity contribution < 1.29 is 44.2 Å². The number of furan rings is 1. The Hall–Kier alpha value is -6.44. The average Bonchev–Trinajstić information content (AvgIpc) is 4.08. The number of benzene rings is 9. The molecule has 0 bridgehead atoms. The van der Waals surface area contributed by atoms with Gasteiger partial charge in [-0.15, -0.1) is 0 Å². The second-order valence-electron chi connectivity index (χ2n) is 11.0. The minimum atomic E-state index is -1.09. The summed E-state index contributed by atoms with van der Waals surface area (Å²) in [4.78, 5) is 0. The van der Waals surface area contributed by atoms with E-state index in [1.165, 1.54) is 6.92 Å². The third-order valence-electron chi connectivity index (χ3n) is 8.26. The van der Waals surface area contributed by atoms with Gasteiger partial charge in [0, 0.05) is 10.8 Å². The minimum Gasteiger partial charge on any atom is -0.456 e. The second-order valence-corrected chi connectivity index (χ2v) is 11.0. The largest absolute Gasteiger partial charge is 0.456 e. The summed E-state index contributed by atoms with van der Waals surface area (Å²) in [7, 11) is 0. The second kappa shape index (κ2) is 11.3. The van der Waals surface area contributed by atoms with E-state index < -0.39 is 274 Å².